The number of hydrogen-bond acceptors (Lipinski definition) is 2. The van der Waals surface area contributed by atoms with Gasteiger partial charge in [-0.3, -0.25) is 4.90 Å². The lowest BCUT2D eigenvalue weighted by molar-refractivity contribution is -0.119. The molecule has 1 atom stereocenters. The SMILES string of the molecule is CCC(C#N)(N(C)C)C12CC3CC(CC(C3)C1)C2. The van der Waals surface area contributed by atoms with Gasteiger partial charge in [-0.2, -0.15) is 5.26 Å². The Balaban J connectivity index is 2.01. The van der Waals surface area contributed by atoms with Gasteiger partial charge in [-0.1, -0.05) is 6.92 Å². The summed E-state index contributed by atoms with van der Waals surface area (Å²) in [6, 6.07) is 2.75. The van der Waals surface area contributed by atoms with E-state index >= 15 is 0 Å². The number of nitriles is 1. The summed E-state index contributed by atoms with van der Waals surface area (Å²) >= 11 is 0. The minimum atomic E-state index is -0.219. The van der Waals surface area contributed by atoms with E-state index in [-0.39, 0.29) is 5.54 Å². The van der Waals surface area contributed by atoms with Gasteiger partial charge in [-0.25, -0.2) is 0 Å². The highest BCUT2D eigenvalue weighted by atomic mass is 15.2. The van der Waals surface area contributed by atoms with E-state index in [1.807, 2.05) is 0 Å². The van der Waals surface area contributed by atoms with Crippen LogP contribution in [0.1, 0.15) is 51.9 Å². The molecule has 0 amide bonds. The van der Waals surface area contributed by atoms with Crippen molar-refractivity contribution in [1.82, 2.24) is 4.90 Å². The smallest absolute Gasteiger partial charge is 0.114 e. The molecule has 0 N–H and O–H groups in total. The van der Waals surface area contributed by atoms with E-state index in [9.17, 15) is 5.26 Å². The molecule has 0 aromatic heterocycles. The molecule has 0 aromatic rings. The third kappa shape index (κ3) is 1.43. The van der Waals surface area contributed by atoms with Gasteiger partial charge in [0.05, 0.1) is 6.07 Å². The number of hydrogen-bond donors (Lipinski definition) is 0. The molecule has 4 bridgehead atoms. The predicted molar refractivity (Wildman–Crippen MR) is 72.9 cm³/mol. The average Bonchev–Trinajstić information content (AvgIpc) is 2.28. The molecular formula is C16H26N2. The minimum absolute atomic E-state index is 0.219. The van der Waals surface area contributed by atoms with E-state index < -0.39 is 0 Å². The standard InChI is InChI=1S/C16H26N2/c1-4-16(11-17,18(2)3)15-8-12-5-13(9-15)7-14(6-12)10-15/h12-14H,4-10H2,1-3H3. The summed E-state index contributed by atoms with van der Waals surface area (Å²) in [5, 5.41) is 9.92. The van der Waals surface area contributed by atoms with E-state index in [0.29, 0.717) is 5.41 Å². The first-order valence-corrected chi connectivity index (χ1v) is 7.64. The molecule has 0 aliphatic heterocycles. The summed E-state index contributed by atoms with van der Waals surface area (Å²) in [6.07, 6.45) is 9.30. The zero-order valence-electron chi connectivity index (χ0n) is 12.1. The van der Waals surface area contributed by atoms with Crippen LogP contribution in [-0.4, -0.2) is 24.5 Å². The second kappa shape index (κ2) is 3.97. The number of rotatable bonds is 3. The monoisotopic (exact) mass is 246 g/mol. The maximum absolute atomic E-state index is 9.92. The molecule has 18 heavy (non-hydrogen) atoms. The summed E-state index contributed by atoms with van der Waals surface area (Å²) in [5.41, 5.74) is 0.0811. The Morgan fingerprint density at radius 1 is 1.11 bits per heavy atom. The molecule has 0 spiro atoms. The van der Waals surface area contributed by atoms with E-state index in [4.69, 9.17) is 0 Å². The van der Waals surface area contributed by atoms with Crippen molar-refractivity contribution in [3.05, 3.63) is 0 Å². The van der Waals surface area contributed by atoms with Crippen LogP contribution >= 0.6 is 0 Å². The van der Waals surface area contributed by atoms with Crippen LogP contribution in [0.25, 0.3) is 0 Å². The van der Waals surface area contributed by atoms with E-state index in [1.54, 1.807) is 0 Å². The molecule has 4 saturated carbocycles. The van der Waals surface area contributed by atoms with Crippen molar-refractivity contribution in [2.75, 3.05) is 14.1 Å². The molecule has 100 valence electrons. The lowest BCUT2D eigenvalue weighted by Gasteiger charge is -2.63. The number of nitrogens with zero attached hydrogens (tertiary/aromatic N) is 2. The quantitative estimate of drug-likeness (QED) is 0.762. The van der Waals surface area contributed by atoms with Crippen molar-refractivity contribution < 1.29 is 0 Å². The van der Waals surface area contributed by atoms with Gasteiger partial charge >= 0.3 is 0 Å². The Bertz CT molecular complexity index is 344. The van der Waals surface area contributed by atoms with E-state index in [2.05, 4.69) is 32.0 Å². The summed E-state index contributed by atoms with van der Waals surface area (Å²) < 4.78 is 0. The lowest BCUT2D eigenvalue weighted by Crippen LogP contribution is -2.63. The van der Waals surface area contributed by atoms with Crippen molar-refractivity contribution in [2.24, 2.45) is 23.2 Å². The topological polar surface area (TPSA) is 27.0 Å². The molecule has 1 unspecified atom stereocenters. The Morgan fingerprint density at radius 3 is 1.83 bits per heavy atom. The summed E-state index contributed by atoms with van der Waals surface area (Å²) in [5.74, 6) is 2.78. The van der Waals surface area contributed by atoms with Crippen molar-refractivity contribution in [3.8, 4) is 6.07 Å². The largest absolute Gasteiger partial charge is 0.291 e. The van der Waals surface area contributed by atoms with Crippen LogP contribution < -0.4 is 0 Å². The second-order valence-corrected chi connectivity index (χ2v) is 7.42. The molecule has 4 aliphatic rings. The first-order valence-electron chi connectivity index (χ1n) is 7.64. The van der Waals surface area contributed by atoms with E-state index in [0.717, 1.165) is 24.2 Å². The summed E-state index contributed by atoms with van der Waals surface area (Å²) in [4.78, 5) is 2.24. The van der Waals surface area contributed by atoms with Crippen molar-refractivity contribution >= 4 is 0 Å². The van der Waals surface area contributed by atoms with Gasteiger partial charge in [0.2, 0.25) is 0 Å². The van der Waals surface area contributed by atoms with E-state index in [1.165, 1.54) is 38.5 Å². The van der Waals surface area contributed by atoms with Crippen LogP contribution in [0.3, 0.4) is 0 Å². The van der Waals surface area contributed by atoms with Gasteiger partial charge in [-0.05, 0) is 76.8 Å². The second-order valence-electron chi connectivity index (χ2n) is 7.42. The van der Waals surface area contributed by atoms with Crippen molar-refractivity contribution in [2.45, 2.75) is 57.4 Å². The zero-order valence-corrected chi connectivity index (χ0v) is 12.1. The molecular weight excluding hydrogens is 220 g/mol. The third-order valence-electron chi connectivity index (χ3n) is 6.38. The van der Waals surface area contributed by atoms with Crippen LogP contribution in [0.2, 0.25) is 0 Å². The molecule has 0 heterocycles. The molecule has 0 saturated heterocycles. The third-order valence-corrected chi connectivity index (χ3v) is 6.38. The molecule has 0 aromatic carbocycles. The van der Waals surface area contributed by atoms with Gasteiger partial charge in [0, 0.05) is 5.41 Å². The van der Waals surface area contributed by atoms with Gasteiger partial charge in [0.25, 0.3) is 0 Å². The predicted octanol–water partition coefficient (Wildman–Crippen LogP) is 3.44. The molecule has 4 aliphatic carbocycles. The van der Waals surface area contributed by atoms with Gasteiger partial charge in [-0.15, -0.1) is 0 Å². The fraction of sp³-hybridized carbons (Fsp3) is 0.938. The van der Waals surface area contributed by atoms with Crippen molar-refractivity contribution in [1.29, 1.82) is 5.26 Å². The zero-order chi connectivity index (χ0) is 13.0. The van der Waals surface area contributed by atoms with Crippen molar-refractivity contribution in [3.63, 3.8) is 0 Å². The normalized spacial score (nSPS) is 44.9. The molecule has 4 fully saturated rings. The summed E-state index contributed by atoms with van der Waals surface area (Å²) in [6.45, 7) is 2.21. The first kappa shape index (κ1) is 12.5. The highest BCUT2D eigenvalue weighted by Gasteiger charge is 2.61. The molecule has 2 nitrogen and oxygen atoms in total. The fourth-order valence-electron chi connectivity index (χ4n) is 6.08. The van der Waals surface area contributed by atoms with Gasteiger partial charge in [0.1, 0.15) is 5.54 Å². The Kier molecular flexibility index (Phi) is 2.75. The first-order chi connectivity index (χ1) is 8.55. The highest BCUT2D eigenvalue weighted by molar-refractivity contribution is 5.21. The fourth-order valence-corrected chi connectivity index (χ4v) is 6.08. The minimum Gasteiger partial charge on any atom is -0.291 e. The maximum Gasteiger partial charge on any atom is 0.114 e. The van der Waals surface area contributed by atoms with Crippen LogP contribution in [0.15, 0.2) is 0 Å². The average molecular weight is 246 g/mol. The van der Waals surface area contributed by atoms with Gasteiger partial charge in [0.15, 0.2) is 0 Å². The highest BCUT2D eigenvalue weighted by Crippen LogP contribution is 2.64. The maximum atomic E-state index is 9.92. The van der Waals surface area contributed by atoms with Crippen LogP contribution in [0.4, 0.5) is 0 Å². The van der Waals surface area contributed by atoms with Gasteiger partial charge < -0.3 is 0 Å². The Morgan fingerprint density at radius 2 is 1.56 bits per heavy atom. The lowest BCUT2D eigenvalue weighted by atomic mass is 9.44. The van der Waals surface area contributed by atoms with Crippen LogP contribution in [0.5, 0.6) is 0 Å². The van der Waals surface area contributed by atoms with Crippen LogP contribution in [-0.2, 0) is 0 Å². The van der Waals surface area contributed by atoms with Crippen LogP contribution in [0, 0.1) is 34.5 Å². The Hall–Kier alpha value is -0.550. The molecule has 2 heteroatoms. The molecule has 0 radical (unpaired) electrons. The molecule has 4 rings (SSSR count). The Labute approximate surface area is 111 Å². The summed E-state index contributed by atoms with van der Waals surface area (Å²) in [7, 11) is 4.23.